The van der Waals surface area contributed by atoms with Gasteiger partial charge < -0.3 is 15.8 Å². The van der Waals surface area contributed by atoms with E-state index in [0.717, 1.165) is 12.2 Å². The van der Waals surface area contributed by atoms with E-state index in [1.165, 1.54) is 0 Å². The van der Waals surface area contributed by atoms with Crippen LogP contribution in [0.15, 0.2) is 42.5 Å². The molecular weight excluding hydrogens is 219 g/mol. The Morgan fingerprint density at radius 2 is 1.73 bits per heavy atom. The molecule has 72 valence electrons. The van der Waals surface area contributed by atoms with E-state index in [9.17, 15) is 9.59 Å². The third-order valence-corrected chi connectivity index (χ3v) is 1.43. The summed E-state index contributed by atoms with van der Waals surface area (Å²) in [5, 5.41) is 2.54. The second kappa shape index (κ2) is 7.78. The van der Waals surface area contributed by atoms with E-state index in [1.807, 2.05) is 6.07 Å². The minimum Gasteiger partial charge on any atom is -0.664 e. The largest absolute Gasteiger partial charge is 1.00 e. The number of amides is 2. The molecule has 1 rings (SSSR count). The Morgan fingerprint density at radius 3 is 2.27 bits per heavy atom. The third kappa shape index (κ3) is 6.59. The van der Waals surface area contributed by atoms with Gasteiger partial charge >= 0.3 is 51.4 Å². The maximum absolute atomic E-state index is 11.1. The first-order valence-corrected chi connectivity index (χ1v) is 3.98. The minimum absolute atomic E-state index is 0. The zero-order chi connectivity index (χ0) is 10.4. The predicted octanol–water partition coefficient (Wildman–Crippen LogP) is -1.24. The first-order valence-electron chi connectivity index (χ1n) is 3.98. The number of rotatable bonds is 3. The fourth-order valence-electron chi connectivity index (χ4n) is 0.857. The Hall–Kier alpha value is -0.464. The summed E-state index contributed by atoms with van der Waals surface area (Å²) in [6.07, 6.45) is 1.93. The molecule has 2 N–H and O–H groups in total. The van der Waals surface area contributed by atoms with Gasteiger partial charge in [0.2, 0.25) is 5.91 Å². The molecule has 5 heteroatoms. The van der Waals surface area contributed by atoms with Gasteiger partial charge in [-0.1, -0.05) is 18.2 Å². The second-order valence-corrected chi connectivity index (χ2v) is 2.55. The number of carbonyl (C=O) groups excluding carboxylic acids is 2. The van der Waals surface area contributed by atoms with Crippen LogP contribution in [-0.4, -0.2) is 11.8 Å². The number of hydrogen-bond donors (Lipinski definition) is 1. The second-order valence-electron chi connectivity index (χ2n) is 2.55. The fourth-order valence-corrected chi connectivity index (χ4v) is 0.857. The molecule has 0 fully saturated rings. The molecule has 1 aromatic rings. The van der Waals surface area contributed by atoms with Crippen LogP contribution >= 0.6 is 0 Å². The molecule has 0 unspecified atom stereocenters. The van der Waals surface area contributed by atoms with Crippen molar-refractivity contribution in [3.05, 3.63) is 48.2 Å². The molecule has 0 saturated carbocycles. The molecule has 0 radical (unpaired) electrons. The quantitative estimate of drug-likeness (QED) is 0.519. The molecule has 0 aromatic heterocycles. The smallest absolute Gasteiger partial charge is 0.664 e. The molecule has 0 aliphatic heterocycles. The molecule has 0 spiro atoms. The van der Waals surface area contributed by atoms with Crippen molar-refractivity contribution in [2.75, 3.05) is 5.32 Å². The summed E-state index contributed by atoms with van der Waals surface area (Å²) in [7, 11) is 0. The van der Waals surface area contributed by atoms with Crippen molar-refractivity contribution >= 4 is 17.5 Å². The summed E-state index contributed by atoms with van der Waals surface area (Å²) in [5.74, 6) is -1.31. The molecule has 0 aliphatic carbocycles. The molecular formula is C10H9KN2O2. The Kier molecular flexibility index (Phi) is 7.54. The van der Waals surface area contributed by atoms with Gasteiger partial charge in [-0.05, 0) is 18.2 Å². The van der Waals surface area contributed by atoms with Gasteiger partial charge in [0.25, 0.3) is 0 Å². The number of nitrogens with one attached hydrogen (secondary N) is 2. The van der Waals surface area contributed by atoms with Crippen molar-refractivity contribution in [3.63, 3.8) is 0 Å². The van der Waals surface area contributed by atoms with E-state index in [1.54, 1.807) is 24.3 Å². The van der Waals surface area contributed by atoms with Gasteiger partial charge in [-0.25, -0.2) is 0 Å². The van der Waals surface area contributed by atoms with Crippen LogP contribution in [0.5, 0.6) is 0 Å². The summed E-state index contributed by atoms with van der Waals surface area (Å²) in [4.78, 5) is 21.3. The third-order valence-electron chi connectivity index (χ3n) is 1.43. The summed E-state index contributed by atoms with van der Waals surface area (Å²) in [6.45, 7) is 0. The van der Waals surface area contributed by atoms with E-state index in [2.05, 4.69) is 5.32 Å². The molecule has 0 aliphatic rings. The molecule has 1 aromatic carbocycles. The van der Waals surface area contributed by atoms with Crippen molar-refractivity contribution < 1.29 is 61.0 Å². The number of hydrogen-bond acceptors (Lipinski definition) is 2. The van der Waals surface area contributed by atoms with Crippen LogP contribution in [0.2, 0.25) is 0 Å². The zero-order valence-corrected chi connectivity index (χ0v) is 11.5. The summed E-state index contributed by atoms with van der Waals surface area (Å²) in [5.41, 5.74) is 7.20. The molecule has 0 atom stereocenters. The van der Waals surface area contributed by atoms with Crippen molar-refractivity contribution in [2.45, 2.75) is 0 Å². The average Bonchev–Trinajstić information content (AvgIpc) is 2.16. The number of benzene rings is 1. The Bertz CT molecular complexity index is 363. The molecule has 0 heterocycles. The first kappa shape index (κ1) is 14.5. The Balaban J connectivity index is 0.00000196. The van der Waals surface area contributed by atoms with Gasteiger partial charge in [-0.15, -0.1) is 0 Å². The minimum atomic E-state index is -0.895. The summed E-state index contributed by atoms with van der Waals surface area (Å²) in [6, 6.07) is 8.87. The van der Waals surface area contributed by atoms with Gasteiger partial charge in [-0.2, -0.15) is 0 Å². The van der Waals surface area contributed by atoms with Gasteiger partial charge in [0.1, 0.15) is 0 Å². The number of para-hydroxylation sites is 1. The maximum Gasteiger partial charge on any atom is 1.00 e. The number of anilines is 1. The average molecular weight is 228 g/mol. The van der Waals surface area contributed by atoms with Crippen LogP contribution in [0.4, 0.5) is 5.69 Å². The topological polar surface area (TPSA) is 70.0 Å². The van der Waals surface area contributed by atoms with Gasteiger partial charge in [0.05, 0.1) is 5.91 Å². The van der Waals surface area contributed by atoms with Crippen molar-refractivity contribution in [3.8, 4) is 0 Å². The predicted molar refractivity (Wildman–Crippen MR) is 53.5 cm³/mol. The normalized spacial score (nSPS) is 9.33. The first-order chi connectivity index (χ1) is 6.68. The van der Waals surface area contributed by atoms with Crippen LogP contribution in [0, 0.1) is 0 Å². The van der Waals surface area contributed by atoms with Crippen LogP contribution < -0.4 is 56.7 Å². The van der Waals surface area contributed by atoms with Crippen LogP contribution in [-0.2, 0) is 9.59 Å². The molecule has 2 amide bonds. The van der Waals surface area contributed by atoms with E-state index >= 15 is 0 Å². The fraction of sp³-hybridized carbons (Fsp3) is 0. The van der Waals surface area contributed by atoms with Gasteiger partial charge in [-0.3, -0.25) is 4.79 Å². The monoisotopic (exact) mass is 228 g/mol. The zero-order valence-electron chi connectivity index (χ0n) is 8.36. The Labute approximate surface area is 130 Å². The maximum atomic E-state index is 11.1. The van der Waals surface area contributed by atoms with Gasteiger partial charge in [0, 0.05) is 11.8 Å². The van der Waals surface area contributed by atoms with E-state index in [4.69, 9.17) is 5.73 Å². The molecule has 4 nitrogen and oxygen atoms in total. The van der Waals surface area contributed by atoms with E-state index < -0.39 is 11.8 Å². The Morgan fingerprint density at radius 1 is 1.13 bits per heavy atom. The molecule has 0 bridgehead atoms. The van der Waals surface area contributed by atoms with Gasteiger partial charge in [0.15, 0.2) is 0 Å². The van der Waals surface area contributed by atoms with Crippen LogP contribution in [0.3, 0.4) is 0 Å². The van der Waals surface area contributed by atoms with Crippen molar-refractivity contribution in [1.29, 1.82) is 0 Å². The molecule has 15 heavy (non-hydrogen) atoms. The van der Waals surface area contributed by atoms with E-state index in [-0.39, 0.29) is 51.4 Å². The number of carbonyl (C=O) groups is 2. The van der Waals surface area contributed by atoms with Crippen molar-refractivity contribution in [2.24, 2.45) is 0 Å². The SMILES string of the molecule is [K+].[NH-]C(=O)/C=C\C(=O)Nc1ccccc1. The molecule has 0 saturated heterocycles. The van der Waals surface area contributed by atoms with Crippen molar-refractivity contribution in [1.82, 2.24) is 0 Å². The van der Waals surface area contributed by atoms with E-state index in [0.29, 0.717) is 5.69 Å². The van der Waals surface area contributed by atoms with Crippen LogP contribution in [0.1, 0.15) is 0 Å². The summed E-state index contributed by atoms with van der Waals surface area (Å²) < 4.78 is 0. The standard InChI is InChI=1S/C10H10N2O2.K/c11-9(13)6-7-10(14)12-8-4-2-1-3-5-8;/h1-7H,(H3,11,12,13,14);/q;+1/p-1/b7-6-;. The van der Waals surface area contributed by atoms with Crippen LogP contribution in [0.25, 0.3) is 5.73 Å². The summed E-state index contributed by atoms with van der Waals surface area (Å²) >= 11 is 0.